The molecule has 0 saturated heterocycles. The molecule has 0 aliphatic heterocycles. The van der Waals surface area contributed by atoms with Crippen LogP contribution in [-0.2, 0) is 6.61 Å². The summed E-state index contributed by atoms with van der Waals surface area (Å²) in [6.45, 7) is 2.36. The van der Waals surface area contributed by atoms with Gasteiger partial charge in [0.2, 0.25) is 0 Å². The highest BCUT2D eigenvalue weighted by molar-refractivity contribution is 5.94. The highest BCUT2D eigenvalue weighted by Gasteiger charge is 2.12. The second-order valence-corrected chi connectivity index (χ2v) is 5.72. The van der Waals surface area contributed by atoms with Gasteiger partial charge >= 0.3 is 0 Å². The summed E-state index contributed by atoms with van der Waals surface area (Å²) in [6.07, 6.45) is 1.32. The molecule has 2 rings (SSSR count). The summed E-state index contributed by atoms with van der Waals surface area (Å²) >= 11 is 0. The standard InChI is InChI=1S/C20H22N2O3/c1-2-18(10-11-23)22-20(24)17-5-3-4-16(12-17)14-25-19-8-6-15(13-21)7-9-19/h3-9,12,18,23H,2,10-11,14H2,1H3,(H,22,24). The van der Waals surface area contributed by atoms with Crippen LogP contribution in [0.15, 0.2) is 48.5 Å². The van der Waals surface area contributed by atoms with E-state index in [1.54, 1.807) is 36.4 Å². The SMILES string of the molecule is CCC(CCO)NC(=O)c1cccc(COc2ccc(C#N)cc2)c1. The minimum Gasteiger partial charge on any atom is -0.489 e. The predicted octanol–water partition coefficient (Wildman–Crippen LogP) is 3.03. The van der Waals surface area contributed by atoms with E-state index in [4.69, 9.17) is 15.1 Å². The number of benzene rings is 2. The molecular weight excluding hydrogens is 316 g/mol. The maximum Gasteiger partial charge on any atom is 0.251 e. The van der Waals surface area contributed by atoms with E-state index < -0.39 is 0 Å². The lowest BCUT2D eigenvalue weighted by Crippen LogP contribution is -2.35. The number of ether oxygens (including phenoxy) is 1. The van der Waals surface area contributed by atoms with Crippen LogP contribution in [-0.4, -0.2) is 23.7 Å². The number of nitriles is 1. The van der Waals surface area contributed by atoms with E-state index in [0.717, 1.165) is 12.0 Å². The third-order valence-corrected chi connectivity index (χ3v) is 3.88. The molecule has 2 aromatic carbocycles. The quantitative estimate of drug-likeness (QED) is 0.775. The molecule has 2 N–H and O–H groups in total. The lowest BCUT2D eigenvalue weighted by atomic mass is 10.1. The molecule has 0 aliphatic carbocycles. The maximum absolute atomic E-state index is 12.3. The molecule has 0 aromatic heterocycles. The Kier molecular flexibility index (Phi) is 7.00. The van der Waals surface area contributed by atoms with Crippen LogP contribution in [0.2, 0.25) is 0 Å². The Morgan fingerprint density at radius 2 is 2.04 bits per heavy atom. The average Bonchev–Trinajstić information content (AvgIpc) is 2.66. The van der Waals surface area contributed by atoms with Gasteiger partial charge in [-0.05, 0) is 54.8 Å². The largest absolute Gasteiger partial charge is 0.489 e. The summed E-state index contributed by atoms with van der Waals surface area (Å²) in [6, 6.07) is 16.2. The number of hydrogen-bond acceptors (Lipinski definition) is 4. The van der Waals surface area contributed by atoms with E-state index in [0.29, 0.717) is 29.9 Å². The van der Waals surface area contributed by atoms with Gasteiger partial charge in [0.15, 0.2) is 0 Å². The van der Waals surface area contributed by atoms with Gasteiger partial charge in [-0.1, -0.05) is 19.1 Å². The van der Waals surface area contributed by atoms with Crippen LogP contribution >= 0.6 is 0 Å². The first-order valence-corrected chi connectivity index (χ1v) is 8.30. The van der Waals surface area contributed by atoms with Crippen molar-refractivity contribution in [3.8, 4) is 11.8 Å². The van der Waals surface area contributed by atoms with Crippen molar-refractivity contribution in [1.82, 2.24) is 5.32 Å². The Balaban J connectivity index is 1.97. The number of aliphatic hydroxyl groups is 1. The van der Waals surface area contributed by atoms with Crippen LogP contribution < -0.4 is 10.1 Å². The van der Waals surface area contributed by atoms with Gasteiger partial charge in [0, 0.05) is 18.2 Å². The Morgan fingerprint density at radius 1 is 1.28 bits per heavy atom. The fourth-order valence-corrected chi connectivity index (χ4v) is 2.40. The summed E-state index contributed by atoms with van der Waals surface area (Å²) in [4.78, 5) is 12.3. The van der Waals surface area contributed by atoms with Crippen LogP contribution in [0.5, 0.6) is 5.75 Å². The third kappa shape index (κ3) is 5.63. The van der Waals surface area contributed by atoms with Crippen LogP contribution in [0.25, 0.3) is 0 Å². The van der Waals surface area contributed by atoms with Crippen LogP contribution in [0.4, 0.5) is 0 Å². The average molecular weight is 338 g/mol. The van der Waals surface area contributed by atoms with E-state index in [-0.39, 0.29) is 18.6 Å². The van der Waals surface area contributed by atoms with Gasteiger partial charge in [0.05, 0.1) is 11.6 Å². The molecule has 1 atom stereocenters. The maximum atomic E-state index is 12.3. The molecule has 1 unspecified atom stereocenters. The van der Waals surface area contributed by atoms with Crippen LogP contribution in [0, 0.1) is 11.3 Å². The summed E-state index contributed by atoms with van der Waals surface area (Å²) in [5.74, 6) is 0.517. The number of carbonyl (C=O) groups excluding carboxylic acids is 1. The van der Waals surface area contributed by atoms with Crippen molar-refractivity contribution in [3.63, 3.8) is 0 Å². The van der Waals surface area contributed by atoms with E-state index in [1.807, 2.05) is 19.1 Å². The smallest absolute Gasteiger partial charge is 0.251 e. The molecule has 0 radical (unpaired) electrons. The Bertz CT molecular complexity index is 735. The van der Waals surface area contributed by atoms with E-state index >= 15 is 0 Å². The molecule has 5 nitrogen and oxygen atoms in total. The number of nitrogens with one attached hydrogen (secondary N) is 1. The zero-order valence-corrected chi connectivity index (χ0v) is 14.2. The first-order valence-electron chi connectivity index (χ1n) is 8.30. The molecule has 0 fully saturated rings. The number of carbonyl (C=O) groups is 1. The molecule has 0 spiro atoms. The van der Waals surface area contributed by atoms with Crippen LogP contribution in [0.1, 0.15) is 41.3 Å². The molecule has 0 saturated carbocycles. The molecule has 25 heavy (non-hydrogen) atoms. The van der Waals surface area contributed by atoms with E-state index in [2.05, 4.69) is 11.4 Å². The molecule has 0 aliphatic rings. The second kappa shape index (κ2) is 9.45. The Hall–Kier alpha value is -2.84. The van der Waals surface area contributed by atoms with E-state index in [1.165, 1.54) is 0 Å². The van der Waals surface area contributed by atoms with Crippen molar-refractivity contribution in [2.75, 3.05) is 6.61 Å². The molecule has 0 heterocycles. The lowest BCUT2D eigenvalue weighted by Gasteiger charge is -2.16. The van der Waals surface area contributed by atoms with Crippen molar-refractivity contribution in [2.45, 2.75) is 32.4 Å². The van der Waals surface area contributed by atoms with Gasteiger partial charge in [0.1, 0.15) is 12.4 Å². The highest BCUT2D eigenvalue weighted by Crippen LogP contribution is 2.15. The van der Waals surface area contributed by atoms with Crippen molar-refractivity contribution in [2.24, 2.45) is 0 Å². The van der Waals surface area contributed by atoms with Crippen molar-refractivity contribution >= 4 is 5.91 Å². The topological polar surface area (TPSA) is 82.3 Å². The number of amides is 1. The summed E-state index contributed by atoms with van der Waals surface area (Å²) in [5, 5.41) is 20.7. The number of aliphatic hydroxyl groups excluding tert-OH is 1. The zero-order chi connectivity index (χ0) is 18.1. The van der Waals surface area contributed by atoms with E-state index in [9.17, 15) is 4.79 Å². The minimum atomic E-state index is -0.152. The second-order valence-electron chi connectivity index (χ2n) is 5.72. The summed E-state index contributed by atoms with van der Waals surface area (Å²) in [7, 11) is 0. The molecule has 1 amide bonds. The normalized spacial score (nSPS) is 11.4. The van der Waals surface area contributed by atoms with Crippen molar-refractivity contribution < 1.29 is 14.6 Å². The van der Waals surface area contributed by atoms with Gasteiger partial charge in [0.25, 0.3) is 5.91 Å². The number of hydrogen-bond donors (Lipinski definition) is 2. The minimum absolute atomic E-state index is 0.0314. The molecule has 2 aromatic rings. The monoisotopic (exact) mass is 338 g/mol. The van der Waals surface area contributed by atoms with Crippen molar-refractivity contribution in [1.29, 1.82) is 5.26 Å². The summed E-state index contributed by atoms with van der Waals surface area (Å²) < 4.78 is 5.69. The highest BCUT2D eigenvalue weighted by atomic mass is 16.5. The molecule has 5 heteroatoms. The van der Waals surface area contributed by atoms with Crippen molar-refractivity contribution in [3.05, 3.63) is 65.2 Å². The van der Waals surface area contributed by atoms with Gasteiger partial charge < -0.3 is 15.2 Å². The fraction of sp³-hybridized carbons (Fsp3) is 0.300. The van der Waals surface area contributed by atoms with Gasteiger partial charge in [-0.15, -0.1) is 0 Å². The van der Waals surface area contributed by atoms with Gasteiger partial charge in [-0.25, -0.2) is 0 Å². The third-order valence-electron chi connectivity index (χ3n) is 3.88. The molecule has 130 valence electrons. The Labute approximate surface area is 147 Å². The number of rotatable bonds is 8. The fourth-order valence-electron chi connectivity index (χ4n) is 2.40. The molecule has 0 bridgehead atoms. The lowest BCUT2D eigenvalue weighted by molar-refractivity contribution is 0.0929. The Morgan fingerprint density at radius 3 is 2.68 bits per heavy atom. The zero-order valence-electron chi connectivity index (χ0n) is 14.2. The number of nitrogens with zero attached hydrogens (tertiary/aromatic N) is 1. The van der Waals surface area contributed by atoms with Gasteiger partial charge in [-0.2, -0.15) is 5.26 Å². The first-order chi connectivity index (χ1) is 12.2. The molecular formula is C20H22N2O3. The van der Waals surface area contributed by atoms with Crippen LogP contribution in [0.3, 0.4) is 0 Å². The van der Waals surface area contributed by atoms with Gasteiger partial charge in [-0.3, -0.25) is 4.79 Å². The summed E-state index contributed by atoms with van der Waals surface area (Å²) in [5.41, 5.74) is 2.03. The first kappa shape index (κ1) is 18.5. The predicted molar refractivity (Wildman–Crippen MR) is 95.2 cm³/mol.